The third kappa shape index (κ3) is 2.36. The highest BCUT2D eigenvalue weighted by atomic mass is 32.2. The van der Waals surface area contributed by atoms with Crippen LogP contribution in [0.1, 0.15) is 0 Å². The van der Waals surface area contributed by atoms with Crippen molar-refractivity contribution in [2.45, 2.75) is 0 Å². The van der Waals surface area contributed by atoms with Crippen molar-refractivity contribution in [3.8, 4) is 0 Å². The lowest BCUT2D eigenvalue weighted by Crippen LogP contribution is -2.22. The summed E-state index contributed by atoms with van der Waals surface area (Å²) in [5.41, 5.74) is 5.84. The summed E-state index contributed by atoms with van der Waals surface area (Å²) in [7, 11) is -3.76. The Bertz CT molecular complexity index is 375. The van der Waals surface area contributed by atoms with Gasteiger partial charge in [0.05, 0.1) is 17.6 Å². The zero-order chi connectivity index (χ0) is 9.19. The van der Waals surface area contributed by atoms with Gasteiger partial charge in [0.1, 0.15) is 0 Å². The summed E-state index contributed by atoms with van der Waals surface area (Å²) < 4.78 is 23.1. The maximum atomic E-state index is 10.5. The second-order valence-electron chi connectivity index (χ2n) is 2.11. The van der Waals surface area contributed by atoms with Crippen LogP contribution in [0.3, 0.4) is 0 Å². The second kappa shape index (κ2) is 2.95. The van der Waals surface area contributed by atoms with Gasteiger partial charge in [-0.2, -0.15) is 8.42 Å². The van der Waals surface area contributed by atoms with Gasteiger partial charge in [0, 0.05) is 6.20 Å². The van der Waals surface area contributed by atoms with Crippen LogP contribution >= 0.6 is 0 Å². The van der Waals surface area contributed by atoms with Crippen molar-refractivity contribution in [1.29, 1.82) is 0 Å². The SMILES string of the molecule is Nc1cnccc1NS(N)(=O)=O. The molecule has 0 aliphatic heterocycles. The minimum Gasteiger partial charge on any atom is -0.396 e. The molecule has 0 unspecified atom stereocenters. The molecule has 0 bridgehead atoms. The molecule has 5 N–H and O–H groups in total. The van der Waals surface area contributed by atoms with E-state index in [0.717, 1.165) is 0 Å². The van der Waals surface area contributed by atoms with Crippen LogP contribution in [0, 0.1) is 0 Å². The highest BCUT2D eigenvalue weighted by Crippen LogP contribution is 2.15. The molecule has 0 aliphatic carbocycles. The molecule has 6 nitrogen and oxygen atoms in total. The van der Waals surface area contributed by atoms with E-state index in [9.17, 15) is 8.42 Å². The highest BCUT2D eigenvalue weighted by molar-refractivity contribution is 7.90. The van der Waals surface area contributed by atoms with Crippen molar-refractivity contribution >= 4 is 21.6 Å². The Morgan fingerprint density at radius 2 is 2.17 bits per heavy atom. The maximum absolute atomic E-state index is 10.5. The number of anilines is 2. The fourth-order valence-electron chi connectivity index (χ4n) is 0.653. The normalized spacial score (nSPS) is 11.1. The predicted molar refractivity (Wildman–Crippen MR) is 45.4 cm³/mol. The molecule has 0 radical (unpaired) electrons. The van der Waals surface area contributed by atoms with Gasteiger partial charge >= 0.3 is 0 Å². The van der Waals surface area contributed by atoms with Crippen molar-refractivity contribution < 1.29 is 8.42 Å². The van der Waals surface area contributed by atoms with Crippen LogP contribution in [-0.4, -0.2) is 13.4 Å². The summed E-state index contributed by atoms with van der Waals surface area (Å²) in [6.45, 7) is 0. The molecule has 0 atom stereocenters. The highest BCUT2D eigenvalue weighted by Gasteiger charge is 2.04. The molecule has 1 heterocycles. The number of nitrogens with two attached hydrogens (primary N) is 2. The molecule has 66 valence electrons. The molecule has 1 aromatic heterocycles. The molecule has 7 heteroatoms. The lowest BCUT2D eigenvalue weighted by atomic mass is 10.4. The van der Waals surface area contributed by atoms with Gasteiger partial charge in [-0.25, -0.2) is 5.14 Å². The van der Waals surface area contributed by atoms with Crippen molar-refractivity contribution in [3.63, 3.8) is 0 Å². The summed E-state index contributed by atoms with van der Waals surface area (Å²) >= 11 is 0. The molecule has 0 saturated carbocycles. The van der Waals surface area contributed by atoms with E-state index in [4.69, 9.17) is 10.9 Å². The van der Waals surface area contributed by atoms with Gasteiger partial charge in [-0.15, -0.1) is 0 Å². The fraction of sp³-hybridized carbons (Fsp3) is 0. The fourth-order valence-corrected chi connectivity index (χ4v) is 1.15. The Kier molecular flexibility index (Phi) is 2.15. The smallest absolute Gasteiger partial charge is 0.296 e. The van der Waals surface area contributed by atoms with Crippen LogP contribution in [0.15, 0.2) is 18.5 Å². The van der Waals surface area contributed by atoms with E-state index in [0.29, 0.717) is 0 Å². The Hall–Kier alpha value is -1.34. The number of nitrogen functional groups attached to an aromatic ring is 1. The van der Waals surface area contributed by atoms with E-state index in [2.05, 4.69) is 4.98 Å². The van der Waals surface area contributed by atoms with E-state index in [-0.39, 0.29) is 11.4 Å². The summed E-state index contributed by atoms with van der Waals surface area (Å²) in [6.07, 6.45) is 2.73. The summed E-state index contributed by atoms with van der Waals surface area (Å²) in [6, 6.07) is 1.42. The first-order chi connectivity index (χ1) is 5.49. The molecule has 1 rings (SSSR count). The number of rotatable bonds is 2. The molecule has 0 saturated heterocycles. The average molecular weight is 188 g/mol. The third-order valence-electron chi connectivity index (χ3n) is 1.10. The summed E-state index contributed by atoms with van der Waals surface area (Å²) in [5, 5.41) is 4.72. The Balaban J connectivity index is 2.98. The van der Waals surface area contributed by atoms with Gasteiger partial charge in [-0.1, -0.05) is 0 Å². The van der Waals surface area contributed by atoms with Crippen LogP contribution in [-0.2, 0) is 10.2 Å². The maximum Gasteiger partial charge on any atom is 0.296 e. The number of nitrogens with zero attached hydrogens (tertiary/aromatic N) is 1. The summed E-state index contributed by atoms with van der Waals surface area (Å²) in [4.78, 5) is 3.67. The van der Waals surface area contributed by atoms with Crippen LogP contribution in [0.25, 0.3) is 0 Å². The largest absolute Gasteiger partial charge is 0.396 e. The molecule has 0 aromatic carbocycles. The lowest BCUT2D eigenvalue weighted by molar-refractivity contribution is 0.603. The zero-order valence-corrected chi connectivity index (χ0v) is 6.88. The first-order valence-electron chi connectivity index (χ1n) is 2.99. The van der Waals surface area contributed by atoms with Gasteiger partial charge in [0.2, 0.25) is 0 Å². The van der Waals surface area contributed by atoms with E-state index in [1.165, 1.54) is 18.5 Å². The summed E-state index contributed by atoms with van der Waals surface area (Å²) in [5.74, 6) is 0. The number of pyridine rings is 1. The minimum absolute atomic E-state index is 0.228. The van der Waals surface area contributed by atoms with Crippen LogP contribution in [0.2, 0.25) is 0 Å². The van der Waals surface area contributed by atoms with E-state index in [1.54, 1.807) is 0 Å². The average Bonchev–Trinajstić information content (AvgIpc) is 1.91. The van der Waals surface area contributed by atoms with E-state index in [1.807, 2.05) is 4.72 Å². The standard InChI is InChI=1S/C5H8N4O2S/c6-4-3-8-2-1-5(4)9-12(7,10)11/h1-3H,6H2,(H,8,9)(H2,7,10,11). The monoisotopic (exact) mass is 188 g/mol. The Morgan fingerprint density at radius 1 is 1.50 bits per heavy atom. The van der Waals surface area contributed by atoms with Crippen molar-refractivity contribution in [3.05, 3.63) is 18.5 Å². The van der Waals surface area contributed by atoms with Gasteiger partial charge in [0.25, 0.3) is 10.2 Å². The van der Waals surface area contributed by atoms with E-state index < -0.39 is 10.2 Å². The lowest BCUT2D eigenvalue weighted by Gasteiger charge is -2.04. The van der Waals surface area contributed by atoms with Gasteiger partial charge in [-0.3, -0.25) is 9.71 Å². The number of nitrogens with one attached hydrogen (secondary N) is 1. The van der Waals surface area contributed by atoms with Crippen LogP contribution in [0.5, 0.6) is 0 Å². The quantitative estimate of drug-likeness (QED) is 0.568. The second-order valence-corrected chi connectivity index (χ2v) is 3.40. The first kappa shape index (κ1) is 8.75. The molecular weight excluding hydrogens is 180 g/mol. The number of aromatic nitrogens is 1. The van der Waals surface area contributed by atoms with Crippen LogP contribution < -0.4 is 15.6 Å². The zero-order valence-electron chi connectivity index (χ0n) is 6.06. The minimum atomic E-state index is -3.76. The van der Waals surface area contributed by atoms with Crippen molar-refractivity contribution in [2.24, 2.45) is 5.14 Å². The van der Waals surface area contributed by atoms with Crippen LogP contribution in [0.4, 0.5) is 11.4 Å². The Morgan fingerprint density at radius 3 is 2.67 bits per heavy atom. The van der Waals surface area contributed by atoms with Crippen molar-refractivity contribution in [2.75, 3.05) is 10.5 Å². The van der Waals surface area contributed by atoms with Gasteiger partial charge in [-0.05, 0) is 6.07 Å². The van der Waals surface area contributed by atoms with Gasteiger partial charge in [0.15, 0.2) is 0 Å². The Labute approximate surface area is 69.8 Å². The molecule has 12 heavy (non-hydrogen) atoms. The number of hydrogen-bond acceptors (Lipinski definition) is 4. The van der Waals surface area contributed by atoms with Crippen molar-refractivity contribution in [1.82, 2.24) is 4.98 Å². The first-order valence-corrected chi connectivity index (χ1v) is 4.54. The predicted octanol–water partition coefficient (Wildman–Crippen LogP) is -0.721. The third-order valence-corrected chi connectivity index (χ3v) is 1.61. The number of hydrogen-bond donors (Lipinski definition) is 3. The topological polar surface area (TPSA) is 111 Å². The molecule has 0 fully saturated rings. The van der Waals surface area contributed by atoms with E-state index >= 15 is 0 Å². The molecule has 0 aliphatic rings. The molecule has 0 spiro atoms. The molecule has 1 aromatic rings. The van der Waals surface area contributed by atoms with Gasteiger partial charge < -0.3 is 5.73 Å². The molecular formula is C5H8N4O2S. The molecule has 0 amide bonds.